The Balaban J connectivity index is 1.65. The molecular formula is C22H24NO5-. The standard InChI is InChI=1S/C22H25NO5/c1-22(2,3)28-13-19(20(24)25)23-21(26)27-12-18-16-10-6-4-8-14(16)15-9-5-7-11-17(15)18/h4-11,18-19H,12-13H2,1-3H3,(H,23,26)(H,24,25)/p-1/t19-/m0/s1. The Morgan fingerprint density at radius 2 is 1.57 bits per heavy atom. The highest BCUT2D eigenvalue weighted by atomic mass is 16.6. The van der Waals surface area contributed by atoms with Crippen molar-refractivity contribution in [1.82, 2.24) is 5.32 Å². The Labute approximate surface area is 164 Å². The Morgan fingerprint density at radius 1 is 1.04 bits per heavy atom. The predicted molar refractivity (Wildman–Crippen MR) is 103 cm³/mol. The molecule has 0 heterocycles. The van der Waals surface area contributed by atoms with Crippen molar-refractivity contribution in [3.63, 3.8) is 0 Å². The van der Waals surface area contributed by atoms with Gasteiger partial charge in [0, 0.05) is 5.92 Å². The van der Waals surface area contributed by atoms with E-state index >= 15 is 0 Å². The molecule has 0 fully saturated rings. The van der Waals surface area contributed by atoms with Crippen LogP contribution in [0.4, 0.5) is 4.79 Å². The zero-order valence-corrected chi connectivity index (χ0v) is 16.2. The maximum atomic E-state index is 12.2. The molecule has 2 aromatic carbocycles. The van der Waals surface area contributed by atoms with Gasteiger partial charge < -0.3 is 24.7 Å². The normalized spacial score (nSPS) is 14.1. The van der Waals surface area contributed by atoms with Gasteiger partial charge in [-0.25, -0.2) is 4.79 Å². The molecule has 6 heteroatoms. The third-order valence-electron chi connectivity index (χ3n) is 4.60. The Kier molecular flexibility index (Phi) is 5.70. The first kappa shape index (κ1) is 19.9. The van der Waals surface area contributed by atoms with Crippen LogP contribution in [0, 0.1) is 0 Å². The van der Waals surface area contributed by atoms with Crippen molar-refractivity contribution in [2.24, 2.45) is 0 Å². The fourth-order valence-electron chi connectivity index (χ4n) is 3.28. The van der Waals surface area contributed by atoms with Crippen LogP contribution in [0.15, 0.2) is 48.5 Å². The van der Waals surface area contributed by atoms with E-state index in [0.29, 0.717) is 0 Å². The van der Waals surface area contributed by atoms with Crippen LogP contribution in [0.3, 0.4) is 0 Å². The highest BCUT2D eigenvalue weighted by molar-refractivity contribution is 5.80. The fraction of sp³-hybridized carbons (Fsp3) is 0.364. The monoisotopic (exact) mass is 382 g/mol. The molecule has 0 spiro atoms. The topological polar surface area (TPSA) is 87.7 Å². The average molecular weight is 382 g/mol. The van der Waals surface area contributed by atoms with Crippen molar-refractivity contribution in [3.8, 4) is 11.1 Å². The van der Waals surface area contributed by atoms with Crippen LogP contribution < -0.4 is 10.4 Å². The molecule has 0 saturated carbocycles. The number of carbonyl (C=O) groups excluding carboxylic acids is 2. The van der Waals surface area contributed by atoms with E-state index in [1.807, 2.05) is 48.5 Å². The minimum Gasteiger partial charge on any atom is -0.548 e. The second kappa shape index (κ2) is 8.02. The van der Waals surface area contributed by atoms with E-state index in [1.165, 1.54) is 0 Å². The molecule has 2 aromatic rings. The largest absolute Gasteiger partial charge is 0.548 e. The first-order valence-corrected chi connectivity index (χ1v) is 9.22. The maximum Gasteiger partial charge on any atom is 0.407 e. The Bertz CT molecular complexity index is 826. The van der Waals surface area contributed by atoms with E-state index in [2.05, 4.69) is 5.32 Å². The number of hydrogen-bond acceptors (Lipinski definition) is 5. The van der Waals surface area contributed by atoms with Gasteiger partial charge in [-0.1, -0.05) is 48.5 Å². The molecule has 0 bridgehead atoms. The van der Waals surface area contributed by atoms with Gasteiger partial charge >= 0.3 is 6.09 Å². The molecule has 0 radical (unpaired) electrons. The minimum atomic E-state index is -1.42. The quantitative estimate of drug-likeness (QED) is 0.829. The van der Waals surface area contributed by atoms with Gasteiger partial charge in [0.1, 0.15) is 6.61 Å². The lowest BCUT2D eigenvalue weighted by atomic mass is 9.98. The molecule has 1 amide bonds. The van der Waals surface area contributed by atoms with E-state index < -0.39 is 23.7 Å². The molecule has 0 aromatic heterocycles. The number of rotatable bonds is 6. The molecule has 28 heavy (non-hydrogen) atoms. The molecule has 3 rings (SSSR count). The number of carboxylic acids is 1. The molecule has 6 nitrogen and oxygen atoms in total. The van der Waals surface area contributed by atoms with Gasteiger partial charge in [-0.3, -0.25) is 0 Å². The molecule has 1 atom stereocenters. The van der Waals surface area contributed by atoms with Gasteiger partial charge in [-0.05, 0) is 43.0 Å². The molecule has 0 unspecified atom stereocenters. The lowest BCUT2D eigenvalue weighted by Gasteiger charge is -2.25. The third-order valence-corrected chi connectivity index (χ3v) is 4.60. The summed E-state index contributed by atoms with van der Waals surface area (Å²) < 4.78 is 10.8. The van der Waals surface area contributed by atoms with Crippen LogP contribution in [-0.4, -0.2) is 36.9 Å². The number of amides is 1. The number of hydrogen-bond donors (Lipinski definition) is 1. The van der Waals surface area contributed by atoms with Crippen molar-refractivity contribution in [1.29, 1.82) is 0 Å². The van der Waals surface area contributed by atoms with E-state index in [9.17, 15) is 14.7 Å². The summed E-state index contributed by atoms with van der Waals surface area (Å²) in [6.07, 6.45) is -0.812. The number of ether oxygens (including phenoxy) is 2. The van der Waals surface area contributed by atoms with E-state index in [0.717, 1.165) is 22.3 Å². The summed E-state index contributed by atoms with van der Waals surface area (Å²) in [6, 6.07) is 14.7. The number of carboxylic acid groups (broad SMARTS) is 1. The summed E-state index contributed by atoms with van der Waals surface area (Å²) in [6.45, 7) is 5.31. The minimum absolute atomic E-state index is 0.0922. The number of carbonyl (C=O) groups is 2. The summed E-state index contributed by atoms with van der Waals surface area (Å²) >= 11 is 0. The average Bonchev–Trinajstić information content (AvgIpc) is 2.96. The number of nitrogens with one attached hydrogen (secondary N) is 1. The number of fused-ring (bicyclic) bond motifs is 3. The van der Waals surface area contributed by atoms with Crippen LogP contribution in [0.25, 0.3) is 11.1 Å². The van der Waals surface area contributed by atoms with Gasteiger partial charge in [-0.15, -0.1) is 0 Å². The smallest absolute Gasteiger partial charge is 0.407 e. The second-order valence-electron chi connectivity index (χ2n) is 7.76. The zero-order valence-electron chi connectivity index (χ0n) is 16.2. The van der Waals surface area contributed by atoms with Crippen LogP contribution in [0.5, 0.6) is 0 Å². The fourth-order valence-corrected chi connectivity index (χ4v) is 3.28. The lowest BCUT2D eigenvalue weighted by molar-refractivity contribution is -0.309. The SMILES string of the molecule is CC(C)(C)OC[C@H](NC(=O)OCC1c2ccccc2-c2ccccc21)C(=O)[O-]. The zero-order chi connectivity index (χ0) is 20.3. The first-order chi connectivity index (χ1) is 13.3. The van der Waals surface area contributed by atoms with Crippen molar-refractivity contribution in [2.45, 2.75) is 38.3 Å². The highest BCUT2D eigenvalue weighted by Gasteiger charge is 2.29. The predicted octanol–water partition coefficient (Wildman–Crippen LogP) is 2.46. The van der Waals surface area contributed by atoms with Crippen LogP contribution in [-0.2, 0) is 14.3 Å². The molecule has 0 saturated heterocycles. The Morgan fingerprint density at radius 3 is 2.07 bits per heavy atom. The molecule has 0 aliphatic heterocycles. The molecule has 1 aliphatic rings. The third kappa shape index (κ3) is 4.51. The summed E-state index contributed by atoms with van der Waals surface area (Å²) in [5.41, 5.74) is 3.89. The molecule has 148 valence electrons. The van der Waals surface area contributed by atoms with E-state index in [1.54, 1.807) is 20.8 Å². The van der Waals surface area contributed by atoms with Gasteiger partial charge in [0.2, 0.25) is 0 Å². The number of alkyl carbamates (subject to hydrolysis) is 1. The molecular weight excluding hydrogens is 358 g/mol. The number of benzene rings is 2. The van der Waals surface area contributed by atoms with Crippen molar-refractivity contribution >= 4 is 12.1 Å². The lowest BCUT2D eigenvalue weighted by Crippen LogP contribution is -2.51. The van der Waals surface area contributed by atoms with E-state index in [-0.39, 0.29) is 19.1 Å². The highest BCUT2D eigenvalue weighted by Crippen LogP contribution is 2.44. The summed E-state index contributed by atoms with van der Waals surface area (Å²) in [5.74, 6) is -1.51. The second-order valence-corrected chi connectivity index (χ2v) is 7.76. The van der Waals surface area contributed by atoms with Gasteiger partial charge in [0.05, 0.1) is 24.2 Å². The van der Waals surface area contributed by atoms with Gasteiger partial charge in [-0.2, -0.15) is 0 Å². The summed E-state index contributed by atoms with van der Waals surface area (Å²) in [4.78, 5) is 23.5. The van der Waals surface area contributed by atoms with E-state index in [4.69, 9.17) is 9.47 Å². The Hall–Kier alpha value is -2.86. The van der Waals surface area contributed by atoms with Crippen molar-refractivity contribution < 1.29 is 24.2 Å². The van der Waals surface area contributed by atoms with Crippen molar-refractivity contribution in [2.75, 3.05) is 13.2 Å². The summed E-state index contributed by atoms with van der Waals surface area (Å²) in [5, 5.41) is 13.6. The molecule has 1 N–H and O–H groups in total. The van der Waals surface area contributed by atoms with Crippen LogP contribution in [0.1, 0.15) is 37.8 Å². The van der Waals surface area contributed by atoms with Gasteiger partial charge in [0.15, 0.2) is 0 Å². The summed E-state index contributed by atoms with van der Waals surface area (Å²) in [7, 11) is 0. The first-order valence-electron chi connectivity index (χ1n) is 9.22. The maximum absolute atomic E-state index is 12.2. The molecule has 1 aliphatic carbocycles. The van der Waals surface area contributed by atoms with Gasteiger partial charge in [0.25, 0.3) is 0 Å². The van der Waals surface area contributed by atoms with Crippen LogP contribution in [0.2, 0.25) is 0 Å². The number of aliphatic carboxylic acids is 1. The van der Waals surface area contributed by atoms with Crippen LogP contribution >= 0.6 is 0 Å². The van der Waals surface area contributed by atoms with Crippen molar-refractivity contribution in [3.05, 3.63) is 59.7 Å².